The first-order valence-electron chi connectivity index (χ1n) is 10.0. The van der Waals surface area contributed by atoms with Crippen molar-refractivity contribution in [2.24, 2.45) is 0 Å². The number of anilines is 1. The lowest BCUT2D eigenvalue weighted by atomic mass is 10.2. The van der Waals surface area contributed by atoms with Gasteiger partial charge < -0.3 is 9.80 Å². The first kappa shape index (κ1) is 20.9. The molecule has 1 aromatic heterocycles. The lowest BCUT2D eigenvalue weighted by molar-refractivity contribution is 0.0766. The van der Waals surface area contributed by atoms with Crippen molar-refractivity contribution in [2.75, 3.05) is 31.1 Å². The molecule has 0 unspecified atom stereocenters. The predicted molar refractivity (Wildman–Crippen MR) is 117 cm³/mol. The van der Waals surface area contributed by atoms with E-state index in [2.05, 4.69) is 16.1 Å². The van der Waals surface area contributed by atoms with Crippen molar-refractivity contribution in [3.8, 4) is 11.8 Å². The third kappa shape index (κ3) is 4.25. The first-order chi connectivity index (χ1) is 15.0. The normalized spacial score (nSPS) is 14.3. The Morgan fingerprint density at radius 3 is 2.39 bits per heavy atom. The highest BCUT2D eigenvalue weighted by molar-refractivity contribution is 6.33. The molecule has 0 saturated carbocycles. The summed E-state index contributed by atoms with van der Waals surface area (Å²) in [4.78, 5) is 17.3. The number of hydrogen-bond donors (Lipinski definition) is 0. The van der Waals surface area contributed by atoms with E-state index in [-0.39, 0.29) is 16.9 Å². The maximum Gasteiger partial charge on any atom is 0.258 e. The van der Waals surface area contributed by atoms with Gasteiger partial charge in [-0.25, -0.2) is 9.07 Å². The lowest BCUT2D eigenvalue weighted by Crippen LogP contribution is -2.35. The topological polar surface area (TPSA) is 65.2 Å². The molecule has 31 heavy (non-hydrogen) atoms. The number of amides is 1. The van der Waals surface area contributed by atoms with Gasteiger partial charge in [0.2, 0.25) is 0 Å². The van der Waals surface area contributed by atoms with Gasteiger partial charge in [-0.15, -0.1) is 0 Å². The minimum atomic E-state index is -0.351. The Morgan fingerprint density at radius 2 is 1.71 bits per heavy atom. The van der Waals surface area contributed by atoms with Crippen LogP contribution in [0, 0.1) is 24.1 Å². The number of halogens is 2. The second-order valence-corrected chi connectivity index (χ2v) is 7.79. The fourth-order valence-corrected chi connectivity index (χ4v) is 4.13. The Labute approximate surface area is 185 Å². The van der Waals surface area contributed by atoms with E-state index in [9.17, 15) is 9.18 Å². The minimum absolute atomic E-state index is 0.155. The molecule has 0 spiro atoms. The van der Waals surface area contributed by atoms with E-state index in [4.69, 9.17) is 16.9 Å². The number of benzene rings is 2. The van der Waals surface area contributed by atoms with Crippen molar-refractivity contribution in [2.45, 2.75) is 13.3 Å². The van der Waals surface area contributed by atoms with E-state index < -0.39 is 0 Å². The quantitative estimate of drug-likeness (QED) is 0.616. The molecule has 0 N–H and O–H groups in total. The van der Waals surface area contributed by atoms with Crippen LogP contribution >= 0.6 is 11.6 Å². The molecule has 1 fully saturated rings. The summed E-state index contributed by atoms with van der Waals surface area (Å²) in [6.07, 6.45) is 0.814. The molecular formula is C23H21ClFN5O. The monoisotopic (exact) mass is 437 g/mol. The molecule has 0 aliphatic carbocycles. The lowest BCUT2D eigenvalue weighted by Gasteiger charge is -2.23. The highest BCUT2D eigenvalue weighted by Gasteiger charge is 2.27. The molecule has 158 valence electrons. The van der Waals surface area contributed by atoms with Crippen molar-refractivity contribution in [1.29, 1.82) is 5.26 Å². The Balaban J connectivity index is 1.52. The molecule has 0 atom stereocenters. The van der Waals surface area contributed by atoms with Gasteiger partial charge in [0.25, 0.3) is 5.91 Å². The van der Waals surface area contributed by atoms with Crippen molar-refractivity contribution in [3.63, 3.8) is 0 Å². The second kappa shape index (κ2) is 8.78. The zero-order chi connectivity index (χ0) is 22.0. The molecule has 1 amide bonds. The van der Waals surface area contributed by atoms with Crippen LogP contribution in [0.1, 0.15) is 28.0 Å². The number of carbonyl (C=O) groups is 1. The van der Waals surface area contributed by atoms with Gasteiger partial charge in [0.15, 0.2) is 0 Å². The predicted octanol–water partition coefficient (Wildman–Crippen LogP) is 4.20. The SMILES string of the molecule is Cc1nn(-c2ccc(F)cc2)c(Cl)c1C(=O)N1CCCN(c2ccc(C#N)cc2)CC1. The van der Waals surface area contributed by atoms with Crippen LogP contribution in [0.25, 0.3) is 5.69 Å². The van der Waals surface area contributed by atoms with Gasteiger partial charge in [-0.1, -0.05) is 11.6 Å². The first-order valence-corrected chi connectivity index (χ1v) is 10.4. The third-order valence-electron chi connectivity index (χ3n) is 5.43. The number of aryl methyl sites for hydroxylation is 1. The van der Waals surface area contributed by atoms with E-state index in [0.717, 1.165) is 18.7 Å². The summed E-state index contributed by atoms with van der Waals surface area (Å²) in [5.41, 5.74) is 3.16. The molecule has 6 nitrogen and oxygen atoms in total. The van der Waals surface area contributed by atoms with E-state index in [1.807, 2.05) is 12.1 Å². The van der Waals surface area contributed by atoms with Gasteiger partial charge in [-0.2, -0.15) is 10.4 Å². The average Bonchev–Trinajstić information content (AvgIpc) is 2.95. The van der Waals surface area contributed by atoms with Crippen molar-refractivity contribution in [1.82, 2.24) is 14.7 Å². The molecule has 1 aliphatic heterocycles. The molecule has 3 aromatic rings. The number of aromatic nitrogens is 2. The van der Waals surface area contributed by atoms with E-state index in [0.29, 0.717) is 42.1 Å². The summed E-state index contributed by atoms with van der Waals surface area (Å²) in [5, 5.41) is 13.6. The average molecular weight is 438 g/mol. The summed E-state index contributed by atoms with van der Waals surface area (Å²) in [5.74, 6) is -0.506. The zero-order valence-corrected chi connectivity index (χ0v) is 17.8. The van der Waals surface area contributed by atoms with Gasteiger partial charge in [0.05, 0.1) is 28.6 Å². The number of rotatable bonds is 3. The second-order valence-electron chi connectivity index (χ2n) is 7.43. The van der Waals surface area contributed by atoms with Crippen LogP contribution in [0.2, 0.25) is 5.15 Å². The highest BCUT2D eigenvalue weighted by atomic mass is 35.5. The molecule has 2 heterocycles. The van der Waals surface area contributed by atoms with Crippen LogP contribution < -0.4 is 4.90 Å². The number of nitriles is 1. The van der Waals surface area contributed by atoms with E-state index in [1.54, 1.807) is 36.1 Å². The molecule has 0 bridgehead atoms. The van der Waals surface area contributed by atoms with Crippen LogP contribution in [0.15, 0.2) is 48.5 Å². The summed E-state index contributed by atoms with van der Waals surface area (Å²) < 4.78 is 14.7. The van der Waals surface area contributed by atoms with Gasteiger partial charge in [0.1, 0.15) is 11.0 Å². The number of nitrogens with zero attached hydrogens (tertiary/aromatic N) is 5. The van der Waals surface area contributed by atoms with Gasteiger partial charge in [0, 0.05) is 31.9 Å². The summed E-state index contributed by atoms with van der Waals surface area (Å²) in [7, 11) is 0. The van der Waals surface area contributed by atoms with Crippen LogP contribution in [-0.4, -0.2) is 46.8 Å². The van der Waals surface area contributed by atoms with Crippen molar-refractivity contribution >= 4 is 23.2 Å². The Hall–Kier alpha value is -3.37. The molecular weight excluding hydrogens is 417 g/mol. The van der Waals surface area contributed by atoms with Crippen LogP contribution in [0.3, 0.4) is 0 Å². The smallest absolute Gasteiger partial charge is 0.258 e. The highest BCUT2D eigenvalue weighted by Crippen LogP contribution is 2.26. The molecule has 4 rings (SSSR count). The maximum atomic E-state index is 13.3. The van der Waals surface area contributed by atoms with Crippen LogP contribution in [0.4, 0.5) is 10.1 Å². The molecule has 1 saturated heterocycles. The van der Waals surface area contributed by atoms with Crippen LogP contribution in [0.5, 0.6) is 0 Å². The van der Waals surface area contributed by atoms with Crippen LogP contribution in [-0.2, 0) is 0 Å². The Kier molecular flexibility index (Phi) is 5.92. The standard InChI is InChI=1S/C23H21ClFN5O/c1-16-21(22(24)30(27-16)20-9-5-18(25)6-10-20)23(31)29-12-2-11-28(13-14-29)19-7-3-17(15-26)4-8-19/h3-10H,2,11-14H2,1H3. The zero-order valence-electron chi connectivity index (χ0n) is 17.1. The summed E-state index contributed by atoms with van der Waals surface area (Å²) >= 11 is 6.53. The molecule has 1 aliphatic rings. The Morgan fingerprint density at radius 1 is 1.03 bits per heavy atom. The van der Waals surface area contributed by atoms with Gasteiger partial charge >= 0.3 is 0 Å². The number of hydrogen-bond acceptors (Lipinski definition) is 4. The fraction of sp³-hybridized carbons (Fsp3) is 0.261. The fourth-order valence-electron chi connectivity index (χ4n) is 3.78. The largest absolute Gasteiger partial charge is 0.370 e. The molecule has 2 aromatic carbocycles. The molecule has 8 heteroatoms. The summed E-state index contributed by atoms with van der Waals surface area (Å²) in [6.45, 7) is 4.41. The van der Waals surface area contributed by atoms with E-state index in [1.165, 1.54) is 16.8 Å². The van der Waals surface area contributed by atoms with E-state index >= 15 is 0 Å². The number of carbonyl (C=O) groups excluding carboxylic acids is 1. The van der Waals surface area contributed by atoms with Crippen molar-refractivity contribution < 1.29 is 9.18 Å². The minimum Gasteiger partial charge on any atom is -0.370 e. The molecule has 0 radical (unpaired) electrons. The van der Waals surface area contributed by atoms with Crippen molar-refractivity contribution in [3.05, 3.63) is 76.3 Å². The van der Waals surface area contributed by atoms with Gasteiger partial charge in [-0.3, -0.25) is 4.79 Å². The Bertz CT molecular complexity index is 1130. The van der Waals surface area contributed by atoms with Gasteiger partial charge in [-0.05, 0) is 61.9 Å². The summed E-state index contributed by atoms with van der Waals surface area (Å²) in [6, 6.07) is 15.4. The maximum absolute atomic E-state index is 13.3. The third-order valence-corrected chi connectivity index (χ3v) is 5.78.